The zero-order valence-corrected chi connectivity index (χ0v) is 20.2. The summed E-state index contributed by atoms with van der Waals surface area (Å²) in [6.45, 7) is 0.118. The van der Waals surface area contributed by atoms with Gasteiger partial charge in [0.15, 0.2) is 6.29 Å². The van der Waals surface area contributed by atoms with Gasteiger partial charge in [0, 0.05) is 29.5 Å². The van der Waals surface area contributed by atoms with Crippen molar-refractivity contribution in [1.29, 1.82) is 0 Å². The number of ether oxygens (including phenoxy) is 2. The second-order valence-corrected chi connectivity index (χ2v) is 9.84. The zero-order chi connectivity index (χ0) is 27.5. The van der Waals surface area contributed by atoms with Crippen LogP contribution in [0.3, 0.4) is 0 Å². The van der Waals surface area contributed by atoms with E-state index in [1.165, 1.54) is 13.1 Å². The Balaban J connectivity index is 1.62. The van der Waals surface area contributed by atoms with Gasteiger partial charge in [0.2, 0.25) is 0 Å². The van der Waals surface area contributed by atoms with Crippen LogP contribution >= 0.6 is 7.82 Å². The van der Waals surface area contributed by atoms with E-state index in [1.54, 1.807) is 0 Å². The summed E-state index contributed by atoms with van der Waals surface area (Å²) in [5, 5.41) is 52.6. The summed E-state index contributed by atoms with van der Waals surface area (Å²) in [4.78, 5) is 40.7. The van der Waals surface area contributed by atoms with E-state index in [1.807, 2.05) is 0 Å². The number of nitrogens with zero attached hydrogens (tertiary/aromatic N) is 4. The van der Waals surface area contributed by atoms with Crippen LogP contribution in [0.1, 0.15) is 24.6 Å². The summed E-state index contributed by atoms with van der Waals surface area (Å²) >= 11 is 0. The van der Waals surface area contributed by atoms with Gasteiger partial charge in [-0.3, -0.25) is 23.4 Å². The maximum Gasteiger partial charge on any atom is 0.330 e. The van der Waals surface area contributed by atoms with Gasteiger partial charge in [-0.1, -0.05) is 5.11 Å². The maximum absolute atomic E-state index is 12.2. The van der Waals surface area contributed by atoms with Crippen molar-refractivity contribution in [3.8, 4) is 0 Å². The third kappa shape index (κ3) is 6.83. The Kier molecular flexibility index (Phi) is 9.62. The largest absolute Gasteiger partial charge is 0.756 e. The molecular formula is C18H27N5O13P-. The van der Waals surface area contributed by atoms with E-state index < -0.39 is 87.5 Å². The predicted octanol–water partition coefficient (Wildman–Crippen LogP) is -3.14. The summed E-state index contributed by atoms with van der Waals surface area (Å²) in [6.07, 6.45) is -11.4. The number of phosphoric ester groups is 1. The van der Waals surface area contributed by atoms with Crippen LogP contribution in [0.25, 0.3) is 10.4 Å². The van der Waals surface area contributed by atoms with E-state index in [-0.39, 0.29) is 18.4 Å². The lowest BCUT2D eigenvalue weighted by Crippen LogP contribution is -2.58. The van der Waals surface area contributed by atoms with Crippen molar-refractivity contribution in [2.24, 2.45) is 5.11 Å². The lowest BCUT2D eigenvalue weighted by Gasteiger charge is -2.40. The van der Waals surface area contributed by atoms with Crippen LogP contribution in [-0.4, -0.2) is 97.3 Å². The molecule has 0 aromatic carbocycles. The molecule has 0 radical (unpaired) electrons. The number of nitrogens with one attached hydrogen (secondary N) is 1. The molecule has 2 aliphatic rings. The lowest BCUT2D eigenvalue weighted by atomic mass is 9.94. The van der Waals surface area contributed by atoms with Crippen LogP contribution in [0.4, 0.5) is 0 Å². The monoisotopic (exact) mass is 552 g/mol. The number of aryl methyl sites for hydroxylation is 1. The van der Waals surface area contributed by atoms with Crippen molar-refractivity contribution < 1.29 is 53.5 Å². The first-order chi connectivity index (χ1) is 17.4. The van der Waals surface area contributed by atoms with Gasteiger partial charge in [-0.2, -0.15) is 0 Å². The molecule has 0 amide bonds. The summed E-state index contributed by atoms with van der Waals surface area (Å²) in [5.74, 6) is 0. The normalized spacial score (nSPS) is 34.5. The Bertz CT molecular complexity index is 1150. The molecule has 1 aromatic rings. The van der Waals surface area contributed by atoms with Crippen molar-refractivity contribution in [2.75, 3.05) is 13.2 Å². The van der Waals surface area contributed by atoms with Crippen LogP contribution in [0.15, 0.2) is 20.9 Å². The van der Waals surface area contributed by atoms with Crippen LogP contribution in [-0.2, 0) is 23.1 Å². The van der Waals surface area contributed by atoms with Crippen LogP contribution in [0, 0.1) is 6.92 Å². The molecule has 3 rings (SSSR count). The standard InChI is InChI=1S/C18H28N5O13P/c1-7-5-23(18(30)20-16(7)28)11-4-8(21-22-19)15(35-11)17(29)36-37(31,32)33-3-2-9-12(25)14(27)13(26)10(6-24)34-9/h5,8-15,17,24-27,29H,2-4,6H2,1H3,(H,31,32)(H,20,28,30)/p-1/t8?,9-,10-,11-,12-,13-,14-,15+,17?/m1/s1. The van der Waals surface area contributed by atoms with Gasteiger partial charge in [0.25, 0.3) is 13.4 Å². The summed E-state index contributed by atoms with van der Waals surface area (Å²) in [5.41, 5.74) is 7.52. The molecule has 37 heavy (non-hydrogen) atoms. The molecular weight excluding hydrogens is 525 g/mol. The average molecular weight is 552 g/mol. The van der Waals surface area contributed by atoms with Gasteiger partial charge in [0.05, 0.1) is 25.4 Å². The van der Waals surface area contributed by atoms with Gasteiger partial charge in [-0.25, -0.2) is 4.79 Å². The van der Waals surface area contributed by atoms with E-state index in [0.717, 1.165) is 4.57 Å². The predicted molar refractivity (Wildman–Crippen MR) is 117 cm³/mol. The second-order valence-electron chi connectivity index (χ2n) is 8.47. The number of aliphatic hydroxyl groups excluding tert-OH is 5. The van der Waals surface area contributed by atoms with Crippen molar-refractivity contribution in [3.05, 3.63) is 43.0 Å². The van der Waals surface area contributed by atoms with Crippen LogP contribution in [0.5, 0.6) is 0 Å². The highest BCUT2D eigenvalue weighted by Crippen LogP contribution is 2.43. The fraction of sp³-hybridized carbons (Fsp3) is 0.778. The third-order valence-electron chi connectivity index (χ3n) is 5.95. The molecule has 1 aromatic heterocycles. The molecule has 0 bridgehead atoms. The molecule has 3 heterocycles. The van der Waals surface area contributed by atoms with E-state index in [0.29, 0.717) is 0 Å². The van der Waals surface area contributed by atoms with E-state index in [4.69, 9.17) is 15.0 Å². The SMILES string of the molecule is Cc1cn([C@H]2CC(N=[N+]=[N-])[C@@H](C(O)OP(=O)([O-])OCC[C@H]3O[C@H](CO)[C@@H](O)[C@H](O)[C@@H]3O)O2)c(=O)[nH]c1=O. The average Bonchev–Trinajstić information content (AvgIpc) is 3.25. The third-order valence-corrected chi connectivity index (χ3v) is 6.93. The Morgan fingerprint density at radius 2 is 1.97 bits per heavy atom. The van der Waals surface area contributed by atoms with E-state index >= 15 is 0 Å². The number of rotatable bonds is 10. The van der Waals surface area contributed by atoms with Gasteiger partial charge in [-0.05, 0) is 12.5 Å². The fourth-order valence-corrected chi connectivity index (χ4v) is 4.78. The minimum absolute atomic E-state index is 0.165. The number of hydrogen-bond donors (Lipinski definition) is 6. The zero-order valence-electron chi connectivity index (χ0n) is 19.3. The molecule has 19 heteroatoms. The van der Waals surface area contributed by atoms with Gasteiger partial charge in [-0.15, -0.1) is 0 Å². The first-order valence-corrected chi connectivity index (χ1v) is 12.5. The number of azide groups is 1. The minimum Gasteiger partial charge on any atom is -0.756 e. The molecule has 2 fully saturated rings. The number of aromatic nitrogens is 2. The maximum atomic E-state index is 12.2. The Labute approximate surface area is 207 Å². The first-order valence-electron chi connectivity index (χ1n) is 11.0. The molecule has 0 saturated carbocycles. The first kappa shape index (κ1) is 29.4. The molecule has 2 aliphatic heterocycles. The van der Waals surface area contributed by atoms with E-state index in [9.17, 15) is 44.6 Å². The molecule has 2 saturated heterocycles. The van der Waals surface area contributed by atoms with Gasteiger partial charge >= 0.3 is 5.69 Å². The highest BCUT2D eigenvalue weighted by molar-refractivity contribution is 7.45. The Morgan fingerprint density at radius 1 is 1.30 bits per heavy atom. The van der Waals surface area contributed by atoms with Crippen LogP contribution < -0.4 is 16.1 Å². The van der Waals surface area contributed by atoms with Crippen molar-refractivity contribution in [2.45, 2.75) is 74.9 Å². The molecule has 0 spiro atoms. The summed E-state index contributed by atoms with van der Waals surface area (Å²) in [7, 11) is -5.23. The van der Waals surface area contributed by atoms with Gasteiger partial charge in [0.1, 0.15) is 36.7 Å². The minimum atomic E-state index is -5.23. The Morgan fingerprint density at radius 3 is 2.62 bits per heavy atom. The molecule has 0 aliphatic carbocycles. The van der Waals surface area contributed by atoms with Crippen molar-refractivity contribution in [3.63, 3.8) is 0 Å². The van der Waals surface area contributed by atoms with E-state index in [2.05, 4.69) is 24.1 Å². The quantitative estimate of drug-likeness (QED) is 0.0551. The van der Waals surface area contributed by atoms with Gasteiger partial charge < -0.3 is 44.4 Å². The Hall–Kier alpha value is -2.18. The molecule has 6 N–H and O–H groups in total. The van der Waals surface area contributed by atoms with Crippen LogP contribution in [0.2, 0.25) is 0 Å². The number of H-pyrrole nitrogens is 1. The number of hydrogen-bond acceptors (Lipinski definition) is 14. The lowest BCUT2D eigenvalue weighted by molar-refractivity contribution is -0.254. The summed E-state index contributed by atoms with van der Waals surface area (Å²) < 4.78 is 33.2. The number of aromatic amines is 1. The highest BCUT2D eigenvalue weighted by atomic mass is 31.2. The number of aliphatic hydroxyl groups is 5. The summed E-state index contributed by atoms with van der Waals surface area (Å²) in [6, 6.07) is -1.17. The van der Waals surface area contributed by atoms with Crippen molar-refractivity contribution >= 4 is 7.82 Å². The fourth-order valence-electron chi connectivity index (χ4n) is 4.00. The molecule has 18 nitrogen and oxygen atoms in total. The molecule has 10 atom stereocenters. The van der Waals surface area contributed by atoms with Crippen molar-refractivity contribution in [1.82, 2.24) is 9.55 Å². The smallest absolute Gasteiger partial charge is 0.330 e. The topological polar surface area (TPSA) is 282 Å². The number of phosphoric acid groups is 1. The molecule has 208 valence electrons. The second kappa shape index (κ2) is 12.1. The highest BCUT2D eigenvalue weighted by Gasteiger charge is 2.44. The molecule has 3 unspecified atom stereocenters.